The molecule has 1 atom stereocenters. The largest absolute Gasteiger partial charge is 0.477 e. The molecule has 0 aromatic carbocycles. The topological polar surface area (TPSA) is 86.7 Å². The summed E-state index contributed by atoms with van der Waals surface area (Å²) in [7, 11) is -3.74. The quantitative estimate of drug-likeness (QED) is 0.690. The van der Waals surface area contributed by atoms with E-state index in [9.17, 15) is 13.2 Å². The van der Waals surface area contributed by atoms with Crippen LogP contribution >= 0.6 is 22.7 Å². The van der Waals surface area contributed by atoms with E-state index in [0.717, 1.165) is 30.0 Å². The Morgan fingerprint density at radius 2 is 2.04 bits per heavy atom. The van der Waals surface area contributed by atoms with Gasteiger partial charge in [-0.1, -0.05) is 13.8 Å². The number of carboxylic acids is 1. The highest BCUT2D eigenvalue weighted by atomic mass is 32.2. The maximum atomic E-state index is 12.4. The predicted octanol–water partition coefficient (Wildman–Crippen LogP) is 2.87. The second kappa shape index (κ2) is 8.21. The molecule has 2 aromatic heterocycles. The van der Waals surface area contributed by atoms with Crippen molar-refractivity contribution in [2.24, 2.45) is 0 Å². The lowest BCUT2D eigenvalue weighted by atomic mass is 10.1. The van der Waals surface area contributed by atoms with Gasteiger partial charge in [0.2, 0.25) is 10.0 Å². The zero-order valence-electron chi connectivity index (χ0n) is 13.4. The molecule has 0 bridgehead atoms. The third-order valence-electron chi connectivity index (χ3n) is 3.74. The van der Waals surface area contributed by atoms with Gasteiger partial charge in [-0.2, -0.15) is 11.3 Å². The molecule has 9 heteroatoms. The lowest BCUT2D eigenvalue weighted by Gasteiger charge is -2.29. The van der Waals surface area contributed by atoms with Gasteiger partial charge in [-0.15, -0.1) is 11.3 Å². The summed E-state index contributed by atoms with van der Waals surface area (Å²) in [5.74, 6) is -1.12. The van der Waals surface area contributed by atoms with Gasteiger partial charge < -0.3 is 5.11 Å². The van der Waals surface area contributed by atoms with E-state index in [1.54, 1.807) is 11.3 Å². The van der Waals surface area contributed by atoms with Gasteiger partial charge >= 0.3 is 5.97 Å². The summed E-state index contributed by atoms with van der Waals surface area (Å²) in [6.07, 6.45) is 0. The fraction of sp³-hybridized carbons (Fsp3) is 0.400. The molecule has 132 valence electrons. The second-order valence-corrected chi connectivity index (χ2v) is 8.56. The van der Waals surface area contributed by atoms with E-state index in [-0.39, 0.29) is 22.4 Å². The lowest BCUT2D eigenvalue weighted by Crippen LogP contribution is -2.37. The van der Waals surface area contributed by atoms with Crippen LogP contribution in [0.3, 0.4) is 0 Å². The van der Waals surface area contributed by atoms with Crippen LogP contribution in [0.4, 0.5) is 0 Å². The molecule has 24 heavy (non-hydrogen) atoms. The summed E-state index contributed by atoms with van der Waals surface area (Å²) in [4.78, 5) is 13.1. The molecule has 0 saturated heterocycles. The highest BCUT2D eigenvalue weighted by molar-refractivity contribution is 7.89. The van der Waals surface area contributed by atoms with E-state index in [4.69, 9.17) is 5.11 Å². The van der Waals surface area contributed by atoms with Gasteiger partial charge in [-0.3, -0.25) is 4.90 Å². The van der Waals surface area contributed by atoms with Crippen LogP contribution in [0.25, 0.3) is 0 Å². The van der Waals surface area contributed by atoms with Gasteiger partial charge in [0.25, 0.3) is 0 Å². The molecule has 0 spiro atoms. The number of carbonyl (C=O) groups is 1. The van der Waals surface area contributed by atoms with Crippen LogP contribution in [0.1, 0.15) is 35.1 Å². The van der Waals surface area contributed by atoms with E-state index in [1.807, 2.05) is 30.7 Å². The minimum Gasteiger partial charge on any atom is -0.477 e. The Morgan fingerprint density at radius 1 is 1.33 bits per heavy atom. The number of aromatic carboxylic acids is 1. The molecule has 0 amide bonds. The highest BCUT2D eigenvalue weighted by Crippen LogP contribution is 2.24. The third-order valence-corrected chi connectivity index (χ3v) is 6.92. The van der Waals surface area contributed by atoms with E-state index in [2.05, 4.69) is 9.62 Å². The van der Waals surface area contributed by atoms with Gasteiger partial charge in [-0.25, -0.2) is 17.9 Å². The Bertz CT molecular complexity index is 765. The van der Waals surface area contributed by atoms with Crippen molar-refractivity contribution in [2.45, 2.75) is 24.8 Å². The molecule has 0 aliphatic heterocycles. The summed E-state index contributed by atoms with van der Waals surface area (Å²) in [5.41, 5.74) is 1.07. The molecule has 0 radical (unpaired) electrons. The van der Waals surface area contributed by atoms with Gasteiger partial charge in [0, 0.05) is 18.0 Å². The molecule has 2 N–H and O–H groups in total. The molecule has 0 fully saturated rings. The molecule has 0 saturated carbocycles. The fourth-order valence-corrected chi connectivity index (χ4v) is 5.29. The van der Waals surface area contributed by atoms with Crippen molar-refractivity contribution in [1.82, 2.24) is 9.62 Å². The summed E-state index contributed by atoms with van der Waals surface area (Å²) in [6.45, 7) is 5.92. The summed E-state index contributed by atoms with van der Waals surface area (Å²) in [5, 5.41) is 14.3. The number of hydrogen-bond acceptors (Lipinski definition) is 6. The van der Waals surface area contributed by atoms with Crippen molar-refractivity contribution >= 4 is 38.7 Å². The standard InChI is InChI=1S/C15H20N2O4S3/c1-3-17(4-2)13(11-5-6-22-9-11)8-16-24(20,21)12-7-14(15(18)19)23-10-12/h5-7,9-10,13,16H,3-4,8H2,1-2H3,(H,18,19). The van der Waals surface area contributed by atoms with Crippen molar-refractivity contribution in [3.05, 3.63) is 38.7 Å². The maximum Gasteiger partial charge on any atom is 0.345 e. The van der Waals surface area contributed by atoms with Crippen LogP contribution in [0, 0.1) is 0 Å². The average Bonchev–Trinajstić information content (AvgIpc) is 3.22. The van der Waals surface area contributed by atoms with Gasteiger partial charge in [0.1, 0.15) is 4.88 Å². The first-order valence-corrected chi connectivity index (χ1v) is 10.8. The molecular formula is C15H20N2O4S3. The van der Waals surface area contributed by atoms with Gasteiger partial charge in [0.05, 0.1) is 4.90 Å². The van der Waals surface area contributed by atoms with Crippen molar-refractivity contribution in [3.63, 3.8) is 0 Å². The summed E-state index contributed by atoms with van der Waals surface area (Å²) in [6, 6.07) is 3.13. The zero-order valence-corrected chi connectivity index (χ0v) is 15.9. The molecule has 2 aromatic rings. The lowest BCUT2D eigenvalue weighted by molar-refractivity contribution is 0.0702. The van der Waals surface area contributed by atoms with Crippen LogP contribution in [0.15, 0.2) is 33.2 Å². The van der Waals surface area contributed by atoms with Gasteiger partial charge in [0.15, 0.2) is 0 Å². The number of nitrogens with zero attached hydrogens (tertiary/aromatic N) is 1. The Kier molecular flexibility index (Phi) is 6.53. The minimum atomic E-state index is -3.74. The fourth-order valence-electron chi connectivity index (χ4n) is 2.43. The molecule has 1 unspecified atom stereocenters. The zero-order chi connectivity index (χ0) is 17.7. The normalized spacial score (nSPS) is 13.3. The summed E-state index contributed by atoms with van der Waals surface area (Å²) < 4.78 is 27.5. The first-order valence-electron chi connectivity index (χ1n) is 7.46. The number of rotatable bonds is 9. The molecular weight excluding hydrogens is 368 g/mol. The number of sulfonamides is 1. The predicted molar refractivity (Wildman–Crippen MR) is 96.4 cm³/mol. The monoisotopic (exact) mass is 388 g/mol. The van der Waals surface area contributed by atoms with E-state index >= 15 is 0 Å². The van der Waals surface area contributed by atoms with Gasteiger partial charge in [-0.05, 0) is 41.5 Å². The SMILES string of the molecule is CCN(CC)C(CNS(=O)(=O)c1csc(C(=O)O)c1)c1ccsc1. The van der Waals surface area contributed by atoms with Crippen LogP contribution < -0.4 is 4.72 Å². The van der Waals surface area contributed by atoms with Crippen LogP contribution in [-0.4, -0.2) is 44.0 Å². The number of hydrogen-bond donors (Lipinski definition) is 2. The number of thiophene rings is 2. The van der Waals surface area contributed by atoms with Crippen molar-refractivity contribution in [3.8, 4) is 0 Å². The highest BCUT2D eigenvalue weighted by Gasteiger charge is 2.23. The Morgan fingerprint density at radius 3 is 2.54 bits per heavy atom. The van der Waals surface area contributed by atoms with Crippen LogP contribution in [-0.2, 0) is 10.0 Å². The molecule has 2 rings (SSSR count). The van der Waals surface area contributed by atoms with Crippen LogP contribution in [0.5, 0.6) is 0 Å². The summed E-state index contributed by atoms with van der Waals surface area (Å²) >= 11 is 2.48. The smallest absolute Gasteiger partial charge is 0.345 e. The van der Waals surface area contributed by atoms with E-state index in [1.165, 1.54) is 11.4 Å². The van der Waals surface area contributed by atoms with Crippen molar-refractivity contribution in [2.75, 3.05) is 19.6 Å². The maximum absolute atomic E-state index is 12.4. The minimum absolute atomic E-state index is 0.00600. The van der Waals surface area contributed by atoms with E-state index in [0.29, 0.717) is 0 Å². The van der Waals surface area contributed by atoms with Crippen molar-refractivity contribution < 1.29 is 18.3 Å². The molecule has 2 heterocycles. The molecule has 0 aliphatic carbocycles. The first kappa shape index (κ1) is 19.1. The second-order valence-electron chi connectivity index (χ2n) is 5.10. The Balaban J connectivity index is 2.16. The Labute approximate surface area is 149 Å². The first-order chi connectivity index (χ1) is 11.4. The molecule has 0 aliphatic rings. The van der Waals surface area contributed by atoms with Crippen molar-refractivity contribution in [1.29, 1.82) is 0 Å². The van der Waals surface area contributed by atoms with Crippen LogP contribution in [0.2, 0.25) is 0 Å². The Hall–Kier alpha value is -1.26. The third kappa shape index (κ3) is 4.42. The number of nitrogens with one attached hydrogen (secondary N) is 1. The number of likely N-dealkylation sites (N-methyl/N-ethyl adjacent to an activating group) is 1. The van der Waals surface area contributed by atoms with E-state index < -0.39 is 16.0 Å². The average molecular weight is 389 g/mol. The molecule has 6 nitrogen and oxygen atoms in total. The number of carboxylic acid groups (broad SMARTS) is 1.